The molecule has 2 aromatic carbocycles. The van der Waals surface area contributed by atoms with E-state index >= 15 is 0 Å². The van der Waals surface area contributed by atoms with Crippen molar-refractivity contribution in [1.82, 2.24) is 4.98 Å². The first kappa shape index (κ1) is 19.3. The van der Waals surface area contributed by atoms with Crippen LogP contribution < -0.4 is 4.90 Å². The number of aromatic nitrogens is 1. The van der Waals surface area contributed by atoms with Crippen molar-refractivity contribution >= 4 is 50.0 Å². The van der Waals surface area contributed by atoms with E-state index in [1.165, 1.54) is 40.7 Å². The van der Waals surface area contributed by atoms with Gasteiger partial charge in [-0.25, -0.2) is 4.98 Å². The molecule has 0 aliphatic carbocycles. The smallest absolute Gasteiger partial charge is 0.296 e. The van der Waals surface area contributed by atoms with E-state index in [1.807, 2.05) is 0 Å². The summed E-state index contributed by atoms with van der Waals surface area (Å²) in [6.45, 7) is 0. The van der Waals surface area contributed by atoms with Gasteiger partial charge >= 0.3 is 0 Å². The number of aliphatic hydroxyl groups is 1. The maximum absolute atomic E-state index is 13.1. The van der Waals surface area contributed by atoms with Crippen LogP contribution >= 0.6 is 22.9 Å². The Labute approximate surface area is 184 Å². The lowest BCUT2D eigenvalue weighted by Crippen LogP contribution is -2.30. The molecule has 5 rings (SSSR count). The summed E-state index contributed by atoms with van der Waals surface area (Å²) in [4.78, 5) is 32.0. The van der Waals surface area contributed by atoms with Gasteiger partial charge in [-0.15, -0.1) is 0 Å². The van der Waals surface area contributed by atoms with E-state index in [4.69, 9.17) is 16.0 Å². The van der Waals surface area contributed by atoms with E-state index in [2.05, 4.69) is 4.98 Å². The number of furan rings is 1. The van der Waals surface area contributed by atoms with Crippen molar-refractivity contribution in [3.63, 3.8) is 0 Å². The largest absolute Gasteiger partial charge is 0.508 e. The SMILES string of the molecule is O=C(C1=C(O)C(=O)N(c2nc3ccc(Cl)cc3s2)C1c1cccc(O)c1)c1ccco1. The molecule has 0 spiro atoms. The fourth-order valence-electron chi connectivity index (χ4n) is 3.57. The van der Waals surface area contributed by atoms with E-state index in [-0.39, 0.29) is 22.2 Å². The summed E-state index contributed by atoms with van der Waals surface area (Å²) in [7, 11) is 0. The van der Waals surface area contributed by atoms with Crippen LogP contribution in [0.4, 0.5) is 5.13 Å². The Morgan fingerprint density at radius 3 is 2.71 bits per heavy atom. The number of Topliss-reactive ketones (excluding diaryl/α,β-unsaturated/α-hetero) is 1. The number of ketones is 1. The molecular formula is C22H13ClN2O5S. The first-order valence-corrected chi connectivity index (χ1v) is 10.3. The molecule has 0 saturated heterocycles. The van der Waals surface area contributed by atoms with Crippen molar-refractivity contribution in [2.45, 2.75) is 6.04 Å². The second-order valence-corrected chi connectivity index (χ2v) is 8.30. The van der Waals surface area contributed by atoms with Gasteiger partial charge in [0, 0.05) is 5.02 Å². The Hall–Kier alpha value is -3.62. The summed E-state index contributed by atoms with van der Waals surface area (Å²) in [6.07, 6.45) is 1.33. The standard InChI is InChI=1S/C22H13ClN2O5S/c23-12-6-7-14-16(10-12)31-22(24-14)25-18(11-3-1-4-13(26)9-11)17(20(28)21(25)29)19(27)15-5-2-8-30-15/h1-10,18,26,28H. The number of aliphatic hydroxyl groups excluding tert-OH is 1. The molecule has 0 bridgehead atoms. The van der Waals surface area contributed by atoms with Crippen LogP contribution in [0.2, 0.25) is 5.02 Å². The van der Waals surface area contributed by atoms with Crippen molar-refractivity contribution in [3.05, 3.63) is 88.5 Å². The normalized spacial score (nSPS) is 16.5. The van der Waals surface area contributed by atoms with Gasteiger partial charge in [0.15, 0.2) is 16.7 Å². The molecule has 0 saturated carbocycles. The molecule has 31 heavy (non-hydrogen) atoms. The number of halogens is 1. The van der Waals surface area contributed by atoms with E-state index in [1.54, 1.807) is 36.4 Å². The molecule has 0 fully saturated rings. The lowest BCUT2D eigenvalue weighted by atomic mass is 9.95. The van der Waals surface area contributed by atoms with Crippen LogP contribution in [0.5, 0.6) is 5.75 Å². The van der Waals surface area contributed by atoms with Crippen LogP contribution in [-0.2, 0) is 4.79 Å². The number of carbonyl (C=O) groups is 2. The highest BCUT2D eigenvalue weighted by atomic mass is 35.5. The number of phenols is 1. The Morgan fingerprint density at radius 1 is 1.13 bits per heavy atom. The van der Waals surface area contributed by atoms with Gasteiger partial charge in [0.2, 0.25) is 5.78 Å². The fourth-order valence-corrected chi connectivity index (χ4v) is 4.84. The second kappa shape index (κ2) is 7.26. The lowest BCUT2D eigenvalue weighted by molar-refractivity contribution is -0.117. The summed E-state index contributed by atoms with van der Waals surface area (Å²) >= 11 is 7.27. The molecule has 4 aromatic rings. The van der Waals surface area contributed by atoms with Gasteiger partial charge in [-0.2, -0.15) is 0 Å². The third-order valence-corrected chi connectivity index (χ3v) is 6.18. The number of hydrogen-bond donors (Lipinski definition) is 2. The summed E-state index contributed by atoms with van der Waals surface area (Å²) < 4.78 is 5.95. The van der Waals surface area contributed by atoms with Crippen LogP contribution in [0.1, 0.15) is 22.2 Å². The van der Waals surface area contributed by atoms with Crippen molar-refractivity contribution in [1.29, 1.82) is 0 Å². The van der Waals surface area contributed by atoms with Crippen LogP contribution in [-0.4, -0.2) is 26.9 Å². The van der Waals surface area contributed by atoms with Crippen LogP contribution in [0.15, 0.2) is 76.6 Å². The van der Waals surface area contributed by atoms with Gasteiger partial charge in [0.05, 0.1) is 28.1 Å². The molecule has 1 amide bonds. The minimum absolute atomic E-state index is 0.0163. The Kier molecular flexibility index (Phi) is 4.53. The molecule has 2 aromatic heterocycles. The van der Waals surface area contributed by atoms with Gasteiger partial charge in [-0.3, -0.25) is 14.5 Å². The molecule has 3 heterocycles. The number of fused-ring (bicyclic) bond motifs is 1. The zero-order chi connectivity index (χ0) is 21.7. The minimum Gasteiger partial charge on any atom is -0.508 e. The fraction of sp³-hybridized carbons (Fsp3) is 0.0455. The van der Waals surface area contributed by atoms with Crippen LogP contribution in [0.3, 0.4) is 0 Å². The van der Waals surface area contributed by atoms with Gasteiger partial charge < -0.3 is 14.6 Å². The van der Waals surface area contributed by atoms with E-state index in [9.17, 15) is 19.8 Å². The topological polar surface area (TPSA) is 104 Å². The molecule has 2 N–H and O–H groups in total. The summed E-state index contributed by atoms with van der Waals surface area (Å²) in [6, 6.07) is 13.3. The molecule has 1 aliphatic heterocycles. The number of hydrogen-bond acceptors (Lipinski definition) is 7. The Bertz CT molecular complexity index is 1380. The quantitative estimate of drug-likeness (QED) is 0.421. The van der Waals surface area contributed by atoms with Crippen molar-refractivity contribution in [2.24, 2.45) is 0 Å². The highest BCUT2D eigenvalue weighted by Gasteiger charge is 2.46. The van der Waals surface area contributed by atoms with Gasteiger partial charge in [0.1, 0.15) is 5.75 Å². The minimum atomic E-state index is -1.01. The maximum Gasteiger partial charge on any atom is 0.296 e. The Morgan fingerprint density at radius 2 is 1.97 bits per heavy atom. The number of carbonyl (C=O) groups excluding carboxylic acids is 2. The lowest BCUT2D eigenvalue weighted by Gasteiger charge is -2.24. The molecule has 0 radical (unpaired) electrons. The predicted octanol–water partition coefficient (Wildman–Crippen LogP) is 5.03. The maximum atomic E-state index is 13.1. The number of anilines is 1. The molecule has 1 aliphatic rings. The molecule has 9 heteroatoms. The first-order chi connectivity index (χ1) is 14.9. The number of thiazole rings is 1. The van der Waals surface area contributed by atoms with Crippen molar-refractivity contribution in [2.75, 3.05) is 4.90 Å². The Balaban J connectivity index is 1.70. The zero-order valence-electron chi connectivity index (χ0n) is 15.7. The highest BCUT2D eigenvalue weighted by Crippen LogP contribution is 2.44. The molecule has 1 atom stereocenters. The first-order valence-electron chi connectivity index (χ1n) is 9.14. The second-order valence-electron chi connectivity index (χ2n) is 6.85. The van der Waals surface area contributed by atoms with Gasteiger partial charge in [0.25, 0.3) is 5.91 Å². The monoisotopic (exact) mass is 452 g/mol. The summed E-state index contributed by atoms with van der Waals surface area (Å²) in [5.41, 5.74) is 0.907. The number of benzene rings is 2. The predicted molar refractivity (Wildman–Crippen MR) is 116 cm³/mol. The number of phenolic OH excluding ortho intramolecular Hbond substituents is 1. The number of nitrogens with zero attached hydrogens (tertiary/aromatic N) is 2. The van der Waals surface area contributed by atoms with Gasteiger partial charge in [-0.1, -0.05) is 35.1 Å². The zero-order valence-corrected chi connectivity index (χ0v) is 17.2. The van der Waals surface area contributed by atoms with Crippen molar-refractivity contribution in [3.8, 4) is 5.75 Å². The number of aromatic hydroxyl groups is 1. The van der Waals surface area contributed by atoms with Crippen LogP contribution in [0, 0.1) is 0 Å². The number of amides is 1. The summed E-state index contributed by atoms with van der Waals surface area (Å²) in [5, 5.41) is 21.5. The van der Waals surface area contributed by atoms with E-state index in [0.717, 1.165) is 4.70 Å². The van der Waals surface area contributed by atoms with Crippen molar-refractivity contribution < 1.29 is 24.2 Å². The van der Waals surface area contributed by atoms with E-state index in [0.29, 0.717) is 16.1 Å². The third-order valence-electron chi connectivity index (χ3n) is 4.93. The molecule has 1 unspecified atom stereocenters. The average Bonchev–Trinajstić information content (AvgIpc) is 3.46. The summed E-state index contributed by atoms with van der Waals surface area (Å²) in [5.74, 6) is -2.15. The molecule has 7 nitrogen and oxygen atoms in total. The highest BCUT2D eigenvalue weighted by molar-refractivity contribution is 7.22. The van der Waals surface area contributed by atoms with Gasteiger partial charge in [-0.05, 0) is 48.0 Å². The third kappa shape index (κ3) is 3.17. The van der Waals surface area contributed by atoms with Crippen LogP contribution in [0.25, 0.3) is 10.2 Å². The van der Waals surface area contributed by atoms with E-state index < -0.39 is 23.5 Å². The number of rotatable bonds is 4. The molecular weight excluding hydrogens is 440 g/mol. The molecule has 154 valence electrons. The average molecular weight is 453 g/mol.